The fourth-order valence-electron chi connectivity index (χ4n) is 5.18. The lowest BCUT2D eigenvalue weighted by atomic mass is 9.82. The Labute approximate surface area is 207 Å². The van der Waals surface area contributed by atoms with Gasteiger partial charge in [0, 0.05) is 42.4 Å². The first kappa shape index (κ1) is 23.7. The smallest absolute Gasteiger partial charge is 0.368 e. The molecule has 0 radical (unpaired) electrons. The van der Waals surface area contributed by atoms with Gasteiger partial charge in [0.05, 0.1) is 17.5 Å². The summed E-state index contributed by atoms with van der Waals surface area (Å²) in [6, 6.07) is 16.2. The highest BCUT2D eigenvalue weighted by Crippen LogP contribution is 2.40. The van der Waals surface area contributed by atoms with Gasteiger partial charge in [0.25, 0.3) is 0 Å². The average molecular weight is 500 g/mol. The van der Waals surface area contributed by atoms with E-state index in [2.05, 4.69) is 39.4 Å². The second kappa shape index (κ2) is 9.57. The number of fused-ring (bicyclic) bond motifs is 3. The minimum absolute atomic E-state index is 0.0922. The molecule has 1 fully saturated rings. The van der Waals surface area contributed by atoms with Gasteiger partial charge in [-0.2, -0.15) is 13.2 Å². The molecule has 0 aliphatic carbocycles. The maximum atomic E-state index is 13.4. The molecule has 2 atom stereocenters. The lowest BCUT2D eigenvalue weighted by Crippen LogP contribution is -2.61. The SMILES string of the molecule is Cc1ccc(N2CCN3c4ccc(C(F)(F)F)cc4C[C@@H](C(=O)NCCc4cccs4)[C@@H]3C2)cc1. The fraction of sp³-hybridized carbons (Fsp3) is 0.370. The molecule has 3 aromatic rings. The molecule has 2 aliphatic rings. The first-order chi connectivity index (χ1) is 16.8. The Balaban J connectivity index is 1.41. The van der Waals surface area contributed by atoms with Gasteiger partial charge in [-0.25, -0.2) is 0 Å². The third-order valence-electron chi connectivity index (χ3n) is 7.03. The number of benzene rings is 2. The maximum absolute atomic E-state index is 13.4. The van der Waals surface area contributed by atoms with Crippen LogP contribution in [0.2, 0.25) is 0 Å². The minimum atomic E-state index is -4.41. The second-order valence-corrected chi connectivity index (χ2v) is 10.3. The van der Waals surface area contributed by atoms with E-state index in [9.17, 15) is 18.0 Å². The van der Waals surface area contributed by atoms with Crippen molar-refractivity contribution < 1.29 is 18.0 Å². The summed E-state index contributed by atoms with van der Waals surface area (Å²) < 4.78 is 40.2. The largest absolute Gasteiger partial charge is 0.416 e. The number of piperazine rings is 1. The number of hydrogen-bond donors (Lipinski definition) is 1. The molecule has 35 heavy (non-hydrogen) atoms. The molecule has 0 spiro atoms. The molecule has 184 valence electrons. The van der Waals surface area contributed by atoms with Crippen LogP contribution < -0.4 is 15.1 Å². The lowest BCUT2D eigenvalue weighted by Gasteiger charge is -2.49. The van der Waals surface area contributed by atoms with Crippen LogP contribution in [0.25, 0.3) is 0 Å². The van der Waals surface area contributed by atoms with E-state index >= 15 is 0 Å². The van der Waals surface area contributed by atoms with Crippen molar-refractivity contribution in [1.82, 2.24) is 5.32 Å². The fourth-order valence-corrected chi connectivity index (χ4v) is 5.89. The molecule has 1 saturated heterocycles. The van der Waals surface area contributed by atoms with Gasteiger partial charge in [-0.3, -0.25) is 4.79 Å². The Morgan fingerprint density at radius 2 is 1.91 bits per heavy atom. The van der Waals surface area contributed by atoms with Crippen LogP contribution in [0.5, 0.6) is 0 Å². The van der Waals surface area contributed by atoms with Crippen LogP contribution in [-0.2, 0) is 23.8 Å². The number of rotatable bonds is 5. The van der Waals surface area contributed by atoms with Crippen molar-refractivity contribution in [2.45, 2.75) is 32.0 Å². The van der Waals surface area contributed by atoms with Gasteiger partial charge >= 0.3 is 6.18 Å². The monoisotopic (exact) mass is 499 g/mol. The Bertz CT molecular complexity index is 1180. The molecule has 0 unspecified atom stereocenters. The van der Waals surface area contributed by atoms with Crippen molar-refractivity contribution in [3.8, 4) is 0 Å². The van der Waals surface area contributed by atoms with Crippen molar-refractivity contribution >= 4 is 28.6 Å². The number of halogens is 3. The number of nitrogens with one attached hydrogen (secondary N) is 1. The molecule has 1 N–H and O–H groups in total. The molecule has 1 aromatic heterocycles. The molecular formula is C27H28F3N3OS. The first-order valence-corrected chi connectivity index (χ1v) is 12.8. The van der Waals surface area contributed by atoms with Crippen LogP contribution in [0.4, 0.5) is 24.5 Å². The van der Waals surface area contributed by atoms with E-state index in [1.54, 1.807) is 17.4 Å². The van der Waals surface area contributed by atoms with E-state index < -0.39 is 17.7 Å². The Hall–Kier alpha value is -3.00. The number of thiophene rings is 1. The number of carbonyl (C=O) groups excluding carboxylic acids is 1. The maximum Gasteiger partial charge on any atom is 0.416 e. The molecule has 1 amide bonds. The third kappa shape index (κ3) is 5.03. The Morgan fingerprint density at radius 3 is 2.63 bits per heavy atom. The zero-order valence-electron chi connectivity index (χ0n) is 19.5. The standard InChI is InChI=1S/C27H28F3N3OS/c1-18-4-7-21(8-5-18)32-12-13-33-24-9-6-20(27(28,29)30)15-19(24)16-23(25(33)17-32)26(34)31-11-10-22-3-2-14-35-22/h2-9,14-15,23,25H,10-13,16-17H2,1H3,(H,31,34)/t23-,25+/m1/s1. The quantitative estimate of drug-likeness (QED) is 0.518. The van der Waals surface area contributed by atoms with Crippen molar-refractivity contribution in [3.63, 3.8) is 0 Å². The van der Waals surface area contributed by atoms with E-state index in [-0.39, 0.29) is 11.9 Å². The molecule has 0 saturated carbocycles. The van der Waals surface area contributed by atoms with Crippen molar-refractivity contribution in [1.29, 1.82) is 0 Å². The second-order valence-electron chi connectivity index (χ2n) is 9.31. The summed E-state index contributed by atoms with van der Waals surface area (Å²) in [5, 5.41) is 5.07. The number of nitrogens with zero attached hydrogens (tertiary/aromatic N) is 2. The molecule has 3 heterocycles. The topological polar surface area (TPSA) is 35.6 Å². The van der Waals surface area contributed by atoms with Gasteiger partial charge in [-0.1, -0.05) is 23.8 Å². The average Bonchev–Trinajstić information content (AvgIpc) is 3.36. The van der Waals surface area contributed by atoms with Crippen molar-refractivity contribution in [3.05, 3.63) is 81.5 Å². The van der Waals surface area contributed by atoms with Gasteiger partial charge in [0.15, 0.2) is 0 Å². The summed E-state index contributed by atoms with van der Waals surface area (Å²) in [4.78, 5) is 19.0. The van der Waals surface area contributed by atoms with E-state index in [0.29, 0.717) is 31.6 Å². The molecular weight excluding hydrogens is 471 g/mol. The first-order valence-electron chi connectivity index (χ1n) is 11.9. The molecule has 4 nitrogen and oxygen atoms in total. The number of anilines is 2. The van der Waals surface area contributed by atoms with E-state index in [4.69, 9.17) is 0 Å². The van der Waals surface area contributed by atoms with Crippen LogP contribution in [0.3, 0.4) is 0 Å². The van der Waals surface area contributed by atoms with Crippen LogP contribution in [0.15, 0.2) is 60.0 Å². The number of alkyl halides is 3. The highest BCUT2D eigenvalue weighted by molar-refractivity contribution is 7.09. The van der Waals surface area contributed by atoms with Crippen LogP contribution >= 0.6 is 11.3 Å². The van der Waals surface area contributed by atoms with Crippen molar-refractivity contribution in [2.75, 3.05) is 36.0 Å². The van der Waals surface area contributed by atoms with Crippen LogP contribution in [-0.4, -0.2) is 38.1 Å². The Kier molecular flexibility index (Phi) is 6.49. The van der Waals surface area contributed by atoms with E-state index in [1.165, 1.54) is 16.5 Å². The number of amides is 1. The van der Waals surface area contributed by atoms with Crippen LogP contribution in [0.1, 0.15) is 21.6 Å². The molecule has 2 aromatic carbocycles. The molecule has 0 bridgehead atoms. The van der Waals surface area contributed by atoms with Gasteiger partial charge in [0.2, 0.25) is 5.91 Å². The highest BCUT2D eigenvalue weighted by Gasteiger charge is 2.42. The molecule has 2 aliphatic heterocycles. The number of carbonyl (C=O) groups is 1. The zero-order chi connectivity index (χ0) is 24.6. The number of hydrogen-bond acceptors (Lipinski definition) is 4. The minimum Gasteiger partial charge on any atom is -0.368 e. The molecule has 5 rings (SSSR count). The predicted octanol–water partition coefficient (Wildman–Crippen LogP) is 5.30. The van der Waals surface area contributed by atoms with E-state index in [1.807, 2.05) is 24.4 Å². The van der Waals surface area contributed by atoms with Gasteiger partial charge in [-0.15, -0.1) is 11.3 Å². The lowest BCUT2D eigenvalue weighted by molar-refractivity contribution is -0.137. The highest BCUT2D eigenvalue weighted by atomic mass is 32.1. The van der Waals surface area contributed by atoms with Gasteiger partial charge in [0.1, 0.15) is 0 Å². The summed E-state index contributed by atoms with van der Waals surface area (Å²) in [5.74, 6) is -0.520. The van der Waals surface area contributed by atoms with Gasteiger partial charge < -0.3 is 15.1 Å². The Morgan fingerprint density at radius 1 is 1.11 bits per heavy atom. The molecule has 8 heteroatoms. The zero-order valence-corrected chi connectivity index (χ0v) is 20.3. The third-order valence-corrected chi connectivity index (χ3v) is 7.96. The van der Waals surface area contributed by atoms with E-state index in [0.717, 1.165) is 30.4 Å². The van der Waals surface area contributed by atoms with Crippen molar-refractivity contribution in [2.24, 2.45) is 5.92 Å². The summed E-state index contributed by atoms with van der Waals surface area (Å²) in [6.07, 6.45) is -3.36. The normalized spacial score (nSPS) is 19.8. The van der Waals surface area contributed by atoms with Gasteiger partial charge in [-0.05, 0) is 67.1 Å². The predicted molar refractivity (Wildman–Crippen MR) is 134 cm³/mol. The summed E-state index contributed by atoms with van der Waals surface area (Å²) in [6.45, 7) is 4.60. The summed E-state index contributed by atoms with van der Waals surface area (Å²) in [5.41, 5.74) is 3.03. The van der Waals surface area contributed by atoms with Crippen LogP contribution in [0, 0.1) is 12.8 Å². The number of aryl methyl sites for hydroxylation is 1. The summed E-state index contributed by atoms with van der Waals surface area (Å²) >= 11 is 1.65. The summed E-state index contributed by atoms with van der Waals surface area (Å²) in [7, 11) is 0.